The largest absolute Gasteiger partial charge is 0.493 e. The van der Waals surface area contributed by atoms with E-state index in [2.05, 4.69) is 10.3 Å². The van der Waals surface area contributed by atoms with Gasteiger partial charge >= 0.3 is 0 Å². The third-order valence-electron chi connectivity index (χ3n) is 3.37. The van der Waals surface area contributed by atoms with Gasteiger partial charge in [0, 0.05) is 0 Å². The smallest absolute Gasteiger partial charge is 0.161 e. The summed E-state index contributed by atoms with van der Waals surface area (Å²) in [5.74, 6) is 1.43. The zero-order valence-corrected chi connectivity index (χ0v) is 13.2. The van der Waals surface area contributed by atoms with E-state index in [4.69, 9.17) is 15.2 Å². The molecule has 0 saturated carbocycles. The van der Waals surface area contributed by atoms with Crippen molar-refractivity contribution < 1.29 is 9.47 Å². The van der Waals surface area contributed by atoms with Gasteiger partial charge in [-0.25, -0.2) is 4.68 Å². The van der Waals surface area contributed by atoms with Crippen LogP contribution in [0.1, 0.15) is 30.7 Å². The van der Waals surface area contributed by atoms with E-state index < -0.39 is 5.54 Å². The van der Waals surface area contributed by atoms with Gasteiger partial charge in [-0.05, 0) is 44.0 Å². The van der Waals surface area contributed by atoms with Gasteiger partial charge in [0.1, 0.15) is 5.69 Å². The summed E-state index contributed by atoms with van der Waals surface area (Å²) in [5, 5.41) is 8.25. The molecule has 6 nitrogen and oxygen atoms in total. The quantitative estimate of drug-likeness (QED) is 0.909. The van der Waals surface area contributed by atoms with Crippen LogP contribution in [-0.2, 0) is 12.1 Å². The van der Waals surface area contributed by atoms with Crippen LogP contribution in [0.15, 0.2) is 18.3 Å². The zero-order chi connectivity index (χ0) is 15.6. The van der Waals surface area contributed by atoms with E-state index in [-0.39, 0.29) is 0 Å². The molecule has 0 bridgehead atoms. The van der Waals surface area contributed by atoms with E-state index in [0.717, 1.165) is 22.6 Å². The Morgan fingerprint density at radius 3 is 2.33 bits per heavy atom. The van der Waals surface area contributed by atoms with Crippen LogP contribution in [0.5, 0.6) is 11.5 Å². The Labute approximate surface area is 124 Å². The second kappa shape index (κ2) is 5.73. The van der Waals surface area contributed by atoms with Gasteiger partial charge < -0.3 is 15.2 Å². The Kier molecular flexibility index (Phi) is 4.18. The molecule has 0 saturated heterocycles. The summed E-state index contributed by atoms with van der Waals surface area (Å²) in [6.07, 6.45) is 1.87. The van der Waals surface area contributed by atoms with E-state index in [0.29, 0.717) is 12.3 Å². The number of nitrogens with two attached hydrogens (primary N) is 1. The molecule has 2 rings (SSSR count). The Hall–Kier alpha value is -2.08. The van der Waals surface area contributed by atoms with E-state index in [1.807, 2.05) is 39.1 Å². The first kappa shape index (κ1) is 15.3. The molecule has 2 aromatic rings. The number of hydrogen-bond donors (Lipinski definition) is 1. The van der Waals surface area contributed by atoms with Crippen molar-refractivity contribution in [3.05, 3.63) is 35.2 Å². The maximum absolute atomic E-state index is 6.02. The van der Waals surface area contributed by atoms with Gasteiger partial charge in [0.25, 0.3) is 0 Å². The molecular weight excluding hydrogens is 268 g/mol. The van der Waals surface area contributed by atoms with Crippen LogP contribution >= 0.6 is 0 Å². The SMILES string of the molecule is COc1cc(C)c(Cn2cc(C(C)(C)N)nn2)cc1OC. The lowest BCUT2D eigenvalue weighted by Crippen LogP contribution is -2.29. The third kappa shape index (κ3) is 3.33. The Bertz CT molecular complexity index is 629. The summed E-state index contributed by atoms with van der Waals surface area (Å²) in [6.45, 7) is 6.45. The number of aromatic nitrogens is 3. The summed E-state index contributed by atoms with van der Waals surface area (Å²) in [6, 6.07) is 3.92. The number of benzene rings is 1. The van der Waals surface area contributed by atoms with Crippen molar-refractivity contribution in [3.8, 4) is 11.5 Å². The Balaban J connectivity index is 2.29. The van der Waals surface area contributed by atoms with Crippen molar-refractivity contribution in [2.45, 2.75) is 32.9 Å². The molecule has 0 aliphatic rings. The highest BCUT2D eigenvalue weighted by molar-refractivity contribution is 5.47. The van der Waals surface area contributed by atoms with Crippen molar-refractivity contribution >= 4 is 0 Å². The summed E-state index contributed by atoms with van der Waals surface area (Å²) >= 11 is 0. The highest BCUT2D eigenvalue weighted by Gasteiger charge is 2.18. The van der Waals surface area contributed by atoms with Crippen molar-refractivity contribution in [2.75, 3.05) is 14.2 Å². The molecule has 0 aliphatic heterocycles. The second-order valence-corrected chi connectivity index (χ2v) is 5.66. The number of methoxy groups -OCH3 is 2. The fourth-order valence-corrected chi connectivity index (χ4v) is 2.04. The molecule has 6 heteroatoms. The molecule has 0 unspecified atom stereocenters. The summed E-state index contributed by atoms with van der Waals surface area (Å²) in [5.41, 5.74) is 8.50. The minimum Gasteiger partial charge on any atom is -0.493 e. The molecule has 21 heavy (non-hydrogen) atoms. The van der Waals surface area contributed by atoms with Gasteiger partial charge in [0.05, 0.1) is 32.5 Å². The fraction of sp³-hybridized carbons (Fsp3) is 0.467. The van der Waals surface area contributed by atoms with E-state index in [1.165, 1.54) is 0 Å². The molecule has 0 aliphatic carbocycles. The molecule has 0 atom stereocenters. The Morgan fingerprint density at radius 2 is 1.81 bits per heavy atom. The molecule has 114 valence electrons. The zero-order valence-electron chi connectivity index (χ0n) is 13.2. The first-order valence-corrected chi connectivity index (χ1v) is 6.76. The summed E-state index contributed by atoms with van der Waals surface area (Å²) in [7, 11) is 3.26. The molecule has 0 radical (unpaired) electrons. The van der Waals surface area contributed by atoms with E-state index in [1.54, 1.807) is 18.9 Å². The highest BCUT2D eigenvalue weighted by atomic mass is 16.5. The highest BCUT2D eigenvalue weighted by Crippen LogP contribution is 2.30. The lowest BCUT2D eigenvalue weighted by Gasteiger charge is -2.14. The Morgan fingerprint density at radius 1 is 1.19 bits per heavy atom. The predicted octanol–water partition coefficient (Wildman–Crippen LogP) is 1.85. The molecule has 0 fully saturated rings. The van der Waals surface area contributed by atoms with Crippen molar-refractivity contribution in [2.24, 2.45) is 5.73 Å². The average molecular weight is 290 g/mol. The van der Waals surface area contributed by atoms with Crippen LogP contribution in [-0.4, -0.2) is 29.2 Å². The number of nitrogens with zero attached hydrogens (tertiary/aromatic N) is 3. The van der Waals surface area contributed by atoms with Crippen molar-refractivity contribution in [3.63, 3.8) is 0 Å². The molecule has 2 N–H and O–H groups in total. The maximum Gasteiger partial charge on any atom is 0.161 e. The van der Waals surface area contributed by atoms with Crippen LogP contribution in [0.2, 0.25) is 0 Å². The summed E-state index contributed by atoms with van der Waals surface area (Å²) in [4.78, 5) is 0. The standard InChI is InChI=1S/C15H22N4O2/c1-10-6-12(20-4)13(21-5)7-11(10)8-19-9-14(17-18-19)15(2,3)16/h6-7,9H,8,16H2,1-5H3. The lowest BCUT2D eigenvalue weighted by atomic mass is 10.0. The number of hydrogen-bond acceptors (Lipinski definition) is 5. The van der Waals surface area contributed by atoms with E-state index >= 15 is 0 Å². The monoisotopic (exact) mass is 290 g/mol. The van der Waals surface area contributed by atoms with Crippen molar-refractivity contribution in [1.29, 1.82) is 0 Å². The number of ether oxygens (including phenoxy) is 2. The maximum atomic E-state index is 6.02. The van der Waals surface area contributed by atoms with Gasteiger partial charge in [0.15, 0.2) is 11.5 Å². The molecule has 0 spiro atoms. The lowest BCUT2D eigenvalue weighted by molar-refractivity contribution is 0.354. The molecular formula is C15H22N4O2. The van der Waals surface area contributed by atoms with Crippen LogP contribution in [0.25, 0.3) is 0 Å². The van der Waals surface area contributed by atoms with Gasteiger partial charge in [-0.3, -0.25) is 0 Å². The number of rotatable bonds is 5. The van der Waals surface area contributed by atoms with Crippen LogP contribution < -0.4 is 15.2 Å². The van der Waals surface area contributed by atoms with Crippen LogP contribution in [0.3, 0.4) is 0 Å². The van der Waals surface area contributed by atoms with Crippen LogP contribution in [0.4, 0.5) is 0 Å². The average Bonchev–Trinajstić information content (AvgIpc) is 2.89. The summed E-state index contributed by atoms with van der Waals surface area (Å²) < 4.78 is 12.4. The van der Waals surface area contributed by atoms with Crippen molar-refractivity contribution in [1.82, 2.24) is 15.0 Å². The second-order valence-electron chi connectivity index (χ2n) is 5.66. The normalized spacial score (nSPS) is 11.5. The van der Waals surface area contributed by atoms with Gasteiger partial charge in [-0.15, -0.1) is 5.10 Å². The molecule has 0 amide bonds. The minimum absolute atomic E-state index is 0.495. The van der Waals surface area contributed by atoms with Gasteiger partial charge in [0.2, 0.25) is 0 Å². The van der Waals surface area contributed by atoms with E-state index in [9.17, 15) is 0 Å². The van der Waals surface area contributed by atoms with Gasteiger partial charge in [-0.2, -0.15) is 0 Å². The number of aryl methyl sites for hydroxylation is 1. The first-order chi connectivity index (χ1) is 9.85. The topological polar surface area (TPSA) is 75.2 Å². The predicted molar refractivity (Wildman–Crippen MR) is 80.6 cm³/mol. The fourth-order valence-electron chi connectivity index (χ4n) is 2.04. The van der Waals surface area contributed by atoms with Crippen LogP contribution in [0, 0.1) is 6.92 Å². The third-order valence-corrected chi connectivity index (χ3v) is 3.37. The first-order valence-electron chi connectivity index (χ1n) is 6.76. The molecule has 1 aromatic carbocycles. The molecule has 1 heterocycles. The minimum atomic E-state index is -0.495. The molecule has 1 aromatic heterocycles. The van der Waals surface area contributed by atoms with Gasteiger partial charge in [-0.1, -0.05) is 5.21 Å².